The quantitative estimate of drug-likeness (QED) is 0.598. The topological polar surface area (TPSA) is 112 Å². The van der Waals surface area contributed by atoms with E-state index in [0.29, 0.717) is 5.56 Å². The molecule has 4 unspecified atom stereocenters. The first kappa shape index (κ1) is 26.5. The Morgan fingerprint density at radius 1 is 1.00 bits per heavy atom. The second-order valence-electron chi connectivity index (χ2n) is 10.6. The van der Waals surface area contributed by atoms with Crippen LogP contribution in [0.1, 0.15) is 67.2 Å². The van der Waals surface area contributed by atoms with Crippen molar-refractivity contribution in [2.24, 2.45) is 0 Å². The van der Waals surface area contributed by atoms with E-state index < -0.39 is 52.9 Å². The summed E-state index contributed by atoms with van der Waals surface area (Å²) < 4.78 is 28.1. The van der Waals surface area contributed by atoms with Crippen molar-refractivity contribution in [3.63, 3.8) is 0 Å². The second kappa shape index (κ2) is 9.52. The van der Waals surface area contributed by atoms with Gasteiger partial charge in [-0.25, -0.2) is 4.79 Å². The number of aromatic nitrogens is 2. The largest absolute Gasteiger partial charge is 0.414 e. The molecule has 0 radical (unpaired) electrons. The Kier molecular flexibility index (Phi) is 7.65. The molecule has 188 valence electrons. The average Bonchev–Trinajstić information content (AvgIpc) is 2.98. The summed E-state index contributed by atoms with van der Waals surface area (Å²) in [5.74, 6) is 0. The maximum absolute atomic E-state index is 12.5. The molecular weight excluding hydrogens is 460 g/mol. The van der Waals surface area contributed by atoms with Crippen LogP contribution in [0.2, 0.25) is 22.2 Å². The first-order valence-corrected chi connectivity index (χ1v) is 15.9. The molecule has 11 heteroatoms. The minimum atomic E-state index is -2.92. The molecule has 0 aromatic carbocycles. The summed E-state index contributed by atoms with van der Waals surface area (Å²) in [6.07, 6.45) is -1.98. The van der Waals surface area contributed by atoms with Gasteiger partial charge in [-0.3, -0.25) is 14.3 Å². The van der Waals surface area contributed by atoms with Crippen LogP contribution in [0.4, 0.5) is 0 Å². The average molecular weight is 501 g/mol. The van der Waals surface area contributed by atoms with Crippen LogP contribution in [0.5, 0.6) is 0 Å². The van der Waals surface area contributed by atoms with Crippen molar-refractivity contribution in [3.05, 3.63) is 32.6 Å². The van der Waals surface area contributed by atoms with Gasteiger partial charge in [0.2, 0.25) is 0 Å². The van der Waals surface area contributed by atoms with Crippen LogP contribution >= 0.6 is 0 Å². The number of fused-ring (bicyclic) bond motifs is 1. The summed E-state index contributed by atoms with van der Waals surface area (Å²) in [5, 5.41) is 11.3. The van der Waals surface area contributed by atoms with Gasteiger partial charge in [0.05, 0.1) is 6.61 Å². The summed E-state index contributed by atoms with van der Waals surface area (Å²) in [5.41, 5.74) is -0.151. The van der Waals surface area contributed by atoms with Gasteiger partial charge in [0.25, 0.3) is 5.56 Å². The molecule has 2 aliphatic heterocycles. The molecule has 0 saturated carbocycles. The summed E-state index contributed by atoms with van der Waals surface area (Å²) in [4.78, 5) is 26.7. The minimum Gasteiger partial charge on any atom is -0.414 e. The van der Waals surface area contributed by atoms with Crippen LogP contribution in [0, 0.1) is 6.92 Å². The fraction of sp³-hybridized carbons (Fsp3) is 0.818. The van der Waals surface area contributed by atoms with Crippen LogP contribution in [0.15, 0.2) is 15.8 Å². The molecule has 0 spiro atoms. The normalized spacial score (nSPS) is 29.5. The number of nitrogens with zero attached hydrogens (tertiary/aromatic N) is 1. The molecule has 1 aromatic heterocycles. The van der Waals surface area contributed by atoms with Crippen LogP contribution in [-0.2, 0) is 17.7 Å². The third kappa shape index (κ3) is 4.48. The fourth-order valence-electron chi connectivity index (χ4n) is 5.14. The molecule has 3 heterocycles. The lowest BCUT2D eigenvalue weighted by Gasteiger charge is -2.51. The highest BCUT2D eigenvalue weighted by atomic mass is 28.5. The lowest BCUT2D eigenvalue weighted by atomic mass is 10.1. The Morgan fingerprint density at radius 2 is 1.55 bits per heavy atom. The molecule has 0 bridgehead atoms. The van der Waals surface area contributed by atoms with E-state index >= 15 is 0 Å². The molecule has 3 rings (SSSR count). The molecule has 33 heavy (non-hydrogen) atoms. The number of rotatable bonds is 5. The number of aryl methyl sites for hydroxylation is 1. The maximum Gasteiger partial charge on any atom is 0.335 e. The van der Waals surface area contributed by atoms with Gasteiger partial charge in [0.15, 0.2) is 6.23 Å². The van der Waals surface area contributed by atoms with Crippen LogP contribution in [0.25, 0.3) is 0 Å². The number of hydrogen-bond acceptors (Lipinski definition) is 7. The minimum absolute atomic E-state index is 0.105. The smallest absolute Gasteiger partial charge is 0.335 e. The van der Waals surface area contributed by atoms with E-state index in [1.54, 1.807) is 6.92 Å². The third-order valence-corrected chi connectivity index (χ3v) is 17.3. The highest BCUT2D eigenvalue weighted by molar-refractivity contribution is 6.83. The number of aromatic amines is 1. The van der Waals surface area contributed by atoms with E-state index in [9.17, 15) is 14.7 Å². The Balaban J connectivity index is 2.10. The predicted molar refractivity (Wildman–Crippen MR) is 130 cm³/mol. The van der Waals surface area contributed by atoms with Crippen molar-refractivity contribution >= 4 is 17.1 Å². The van der Waals surface area contributed by atoms with Crippen molar-refractivity contribution in [1.82, 2.24) is 9.55 Å². The molecule has 2 N–H and O–H groups in total. The summed E-state index contributed by atoms with van der Waals surface area (Å²) in [6, 6.07) is 0. The highest BCUT2D eigenvalue weighted by Crippen LogP contribution is 2.48. The van der Waals surface area contributed by atoms with Gasteiger partial charge >= 0.3 is 22.8 Å². The summed E-state index contributed by atoms with van der Waals surface area (Å²) >= 11 is 0. The number of aliphatic hydroxyl groups is 1. The molecule has 0 amide bonds. The van der Waals surface area contributed by atoms with E-state index in [-0.39, 0.29) is 28.8 Å². The van der Waals surface area contributed by atoms with Crippen molar-refractivity contribution in [1.29, 1.82) is 0 Å². The number of aliphatic hydroxyl groups excluding tert-OH is 1. The van der Waals surface area contributed by atoms with E-state index in [0.717, 1.165) is 0 Å². The zero-order valence-electron chi connectivity index (χ0n) is 21.2. The predicted octanol–water partition coefficient (Wildman–Crippen LogP) is 3.06. The van der Waals surface area contributed by atoms with Crippen LogP contribution in [-0.4, -0.2) is 56.7 Å². The number of hydrogen-bond donors (Lipinski definition) is 2. The zero-order chi connectivity index (χ0) is 24.9. The van der Waals surface area contributed by atoms with E-state index in [1.807, 2.05) is 0 Å². The number of H-pyrrole nitrogens is 1. The Bertz CT molecular complexity index is 943. The lowest BCUT2D eigenvalue weighted by Crippen LogP contribution is -2.65. The number of ether oxygens (including phenoxy) is 1. The molecule has 2 aliphatic rings. The lowest BCUT2D eigenvalue weighted by molar-refractivity contribution is -0.0601. The number of nitrogens with one attached hydrogen (secondary N) is 1. The molecule has 9 nitrogen and oxygen atoms in total. The van der Waals surface area contributed by atoms with Crippen molar-refractivity contribution in [2.45, 2.75) is 109 Å². The Labute approximate surface area is 197 Å². The van der Waals surface area contributed by atoms with Crippen molar-refractivity contribution in [2.75, 3.05) is 6.61 Å². The second-order valence-corrected chi connectivity index (χ2v) is 19.4. The van der Waals surface area contributed by atoms with Gasteiger partial charge in [-0.15, -0.1) is 0 Å². The fourth-order valence-corrected chi connectivity index (χ4v) is 16.4. The maximum atomic E-state index is 12.5. The summed E-state index contributed by atoms with van der Waals surface area (Å²) in [6.45, 7) is 18.8. The molecule has 4 atom stereocenters. The van der Waals surface area contributed by atoms with Gasteiger partial charge < -0.3 is 22.8 Å². The van der Waals surface area contributed by atoms with Crippen molar-refractivity contribution in [3.8, 4) is 0 Å². The SMILES string of the molecule is Cc1cn(C2OC3CO[Si](C(C)C)(C(C)C)O[Si](C(C)C)(C(C)C)OC3C2O)c(=O)[nH]c1=O. The first-order valence-electron chi connectivity index (χ1n) is 11.9. The Hall–Kier alpha value is -1.09. The van der Waals surface area contributed by atoms with Gasteiger partial charge in [0.1, 0.15) is 18.3 Å². The van der Waals surface area contributed by atoms with Crippen LogP contribution in [0.3, 0.4) is 0 Å². The van der Waals surface area contributed by atoms with Gasteiger partial charge in [0, 0.05) is 11.8 Å². The van der Waals surface area contributed by atoms with Gasteiger partial charge in [-0.05, 0) is 29.1 Å². The van der Waals surface area contributed by atoms with Crippen molar-refractivity contribution < 1.29 is 22.8 Å². The highest BCUT2D eigenvalue weighted by Gasteiger charge is 2.61. The third-order valence-electron chi connectivity index (χ3n) is 7.06. The molecule has 2 saturated heterocycles. The summed E-state index contributed by atoms with van der Waals surface area (Å²) in [7, 11) is -5.65. The molecule has 2 fully saturated rings. The zero-order valence-corrected chi connectivity index (χ0v) is 23.2. The van der Waals surface area contributed by atoms with Gasteiger partial charge in [-0.2, -0.15) is 0 Å². The molecular formula is C22H40N2O7Si2. The van der Waals surface area contributed by atoms with E-state index in [2.05, 4.69) is 60.4 Å². The van der Waals surface area contributed by atoms with E-state index in [1.165, 1.54) is 10.8 Å². The monoisotopic (exact) mass is 500 g/mol. The van der Waals surface area contributed by atoms with E-state index in [4.69, 9.17) is 17.7 Å². The van der Waals surface area contributed by atoms with Gasteiger partial charge in [-0.1, -0.05) is 55.4 Å². The Morgan fingerprint density at radius 3 is 2.06 bits per heavy atom. The standard InChI is InChI=1S/C22H40N2O7Si2/c1-12(2)32(13(3)4)28-11-17-19(30-33(31-32,14(5)6)15(7)8)18(25)21(29-17)24-10-16(9)20(26)23-22(24)27/h10,12-15,17-19,21,25H,11H2,1-9H3,(H,23,26,27). The molecule has 0 aliphatic carbocycles. The molecule has 1 aromatic rings. The first-order chi connectivity index (χ1) is 15.3. The van der Waals surface area contributed by atoms with Crippen LogP contribution < -0.4 is 11.2 Å².